The van der Waals surface area contributed by atoms with Gasteiger partial charge in [-0.1, -0.05) is 18.7 Å². The molecule has 0 aromatic heterocycles. The van der Waals surface area contributed by atoms with Crippen LogP contribution in [-0.4, -0.2) is 47.6 Å². The monoisotopic (exact) mass is 362 g/mol. The molecule has 5 atom stereocenters. The predicted molar refractivity (Wildman–Crippen MR) is 94.1 cm³/mol. The fourth-order valence-corrected chi connectivity index (χ4v) is 3.73. The number of rotatable bonds is 3. The van der Waals surface area contributed by atoms with E-state index in [0.717, 1.165) is 18.4 Å². The van der Waals surface area contributed by atoms with Crippen LogP contribution in [0.3, 0.4) is 0 Å². The third-order valence-electron chi connectivity index (χ3n) is 5.62. The highest BCUT2D eigenvalue weighted by Gasteiger charge is 2.60. The molecule has 2 heterocycles. The first-order valence-electron chi connectivity index (χ1n) is 9.00. The fraction of sp³-hybridized carbons (Fsp3) is 0.600. The van der Waals surface area contributed by atoms with Crippen molar-refractivity contribution >= 4 is 11.9 Å². The SMILES string of the molecule is C=C1C(=O)OC2CC(COC(=O)C(C)=CC)=CCCC3(C)OC3C(O)C12. The zero-order chi connectivity index (χ0) is 19.1. The van der Waals surface area contributed by atoms with Crippen molar-refractivity contribution in [1.82, 2.24) is 0 Å². The van der Waals surface area contributed by atoms with Crippen LogP contribution in [0, 0.1) is 5.92 Å². The average Bonchev–Trinajstić information content (AvgIpc) is 3.20. The van der Waals surface area contributed by atoms with Crippen molar-refractivity contribution in [1.29, 1.82) is 0 Å². The van der Waals surface area contributed by atoms with Gasteiger partial charge in [-0.05, 0) is 39.2 Å². The van der Waals surface area contributed by atoms with Crippen LogP contribution < -0.4 is 0 Å². The van der Waals surface area contributed by atoms with Gasteiger partial charge in [0.15, 0.2) is 0 Å². The first-order valence-corrected chi connectivity index (χ1v) is 9.00. The second-order valence-electron chi connectivity index (χ2n) is 7.49. The molecule has 0 radical (unpaired) electrons. The number of aliphatic hydroxyl groups excluding tert-OH is 1. The Morgan fingerprint density at radius 3 is 2.96 bits per heavy atom. The van der Waals surface area contributed by atoms with Gasteiger partial charge in [-0.25, -0.2) is 9.59 Å². The quantitative estimate of drug-likeness (QED) is 0.359. The molecule has 26 heavy (non-hydrogen) atoms. The Morgan fingerprint density at radius 1 is 1.54 bits per heavy atom. The third-order valence-corrected chi connectivity index (χ3v) is 5.62. The Bertz CT molecular complexity index is 690. The average molecular weight is 362 g/mol. The standard InChI is InChI=1S/C20H26O6/c1-5-11(2)18(22)24-10-13-7-6-8-20(4)17(26-20)16(21)15-12(3)19(23)25-14(15)9-13/h5,7,14-17,21H,3,6,8-10H2,1-2,4H3. The second kappa shape index (κ2) is 7.00. The van der Waals surface area contributed by atoms with E-state index in [1.165, 1.54) is 0 Å². The molecule has 0 aromatic carbocycles. The molecule has 1 N–H and O–H groups in total. The lowest BCUT2D eigenvalue weighted by molar-refractivity contribution is -0.141. The minimum atomic E-state index is -0.837. The maximum atomic E-state index is 12.0. The van der Waals surface area contributed by atoms with Crippen molar-refractivity contribution in [2.24, 2.45) is 5.92 Å². The number of hydrogen-bond acceptors (Lipinski definition) is 6. The summed E-state index contributed by atoms with van der Waals surface area (Å²) in [4.78, 5) is 23.9. The highest BCUT2D eigenvalue weighted by atomic mass is 16.6. The Kier molecular flexibility index (Phi) is 5.08. The van der Waals surface area contributed by atoms with E-state index in [4.69, 9.17) is 14.2 Å². The zero-order valence-electron chi connectivity index (χ0n) is 15.5. The van der Waals surface area contributed by atoms with Crippen molar-refractivity contribution in [2.75, 3.05) is 6.61 Å². The first-order chi connectivity index (χ1) is 12.3. The van der Waals surface area contributed by atoms with Crippen LogP contribution in [0.4, 0.5) is 0 Å². The highest BCUT2D eigenvalue weighted by molar-refractivity contribution is 5.91. The molecule has 3 aliphatic rings. The summed E-state index contributed by atoms with van der Waals surface area (Å²) < 4.78 is 16.5. The molecule has 6 nitrogen and oxygen atoms in total. The number of fused-ring (bicyclic) bond motifs is 2. The van der Waals surface area contributed by atoms with Gasteiger partial charge in [0.1, 0.15) is 18.8 Å². The van der Waals surface area contributed by atoms with Crippen LogP contribution in [0.25, 0.3) is 0 Å². The van der Waals surface area contributed by atoms with Crippen molar-refractivity contribution in [3.8, 4) is 0 Å². The van der Waals surface area contributed by atoms with Crippen molar-refractivity contribution in [3.05, 3.63) is 35.5 Å². The van der Waals surface area contributed by atoms with Gasteiger partial charge in [0, 0.05) is 17.6 Å². The number of epoxide rings is 1. The van der Waals surface area contributed by atoms with Crippen molar-refractivity contribution in [2.45, 2.75) is 63.9 Å². The highest BCUT2D eigenvalue weighted by Crippen LogP contribution is 2.48. The first kappa shape index (κ1) is 18.9. The van der Waals surface area contributed by atoms with E-state index in [9.17, 15) is 14.7 Å². The number of aliphatic hydroxyl groups is 1. The summed E-state index contributed by atoms with van der Waals surface area (Å²) >= 11 is 0. The minimum absolute atomic E-state index is 0.133. The van der Waals surface area contributed by atoms with Gasteiger partial charge in [-0.2, -0.15) is 0 Å². The smallest absolute Gasteiger partial charge is 0.334 e. The summed E-state index contributed by atoms with van der Waals surface area (Å²) in [5, 5.41) is 10.7. The van der Waals surface area contributed by atoms with Gasteiger partial charge >= 0.3 is 11.9 Å². The molecule has 0 saturated carbocycles. The van der Waals surface area contributed by atoms with E-state index in [-0.39, 0.29) is 24.3 Å². The number of esters is 2. The molecule has 1 aliphatic carbocycles. The molecule has 0 amide bonds. The molecular weight excluding hydrogens is 336 g/mol. The normalized spacial score (nSPS) is 37.2. The largest absolute Gasteiger partial charge is 0.458 e. The van der Waals surface area contributed by atoms with Crippen LogP contribution in [0.1, 0.15) is 40.0 Å². The van der Waals surface area contributed by atoms with Crippen LogP contribution in [0.15, 0.2) is 35.5 Å². The fourth-order valence-electron chi connectivity index (χ4n) is 3.73. The van der Waals surface area contributed by atoms with Crippen LogP contribution >= 0.6 is 0 Å². The molecule has 142 valence electrons. The van der Waals surface area contributed by atoms with Crippen LogP contribution in [0.5, 0.6) is 0 Å². The molecule has 0 aromatic rings. The lowest BCUT2D eigenvalue weighted by Crippen LogP contribution is -2.36. The van der Waals surface area contributed by atoms with Crippen LogP contribution in [0.2, 0.25) is 0 Å². The molecule has 0 spiro atoms. The van der Waals surface area contributed by atoms with Gasteiger partial charge in [0.25, 0.3) is 0 Å². The van der Waals surface area contributed by atoms with E-state index in [1.54, 1.807) is 19.9 Å². The summed E-state index contributed by atoms with van der Waals surface area (Å²) in [7, 11) is 0. The Hall–Kier alpha value is -1.92. The number of ether oxygens (including phenoxy) is 3. The molecule has 2 fully saturated rings. The Labute approximate surface area is 153 Å². The molecule has 6 heteroatoms. The summed E-state index contributed by atoms with van der Waals surface area (Å²) in [6.45, 7) is 9.37. The van der Waals surface area contributed by atoms with E-state index in [0.29, 0.717) is 12.0 Å². The van der Waals surface area contributed by atoms with Gasteiger partial charge in [0.05, 0.1) is 17.6 Å². The Morgan fingerprint density at radius 2 is 2.27 bits per heavy atom. The molecule has 5 unspecified atom stereocenters. The summed E-state index contributed by atoms with van der Waals surface area (Å²) in [6.07, 6.45) is 3.93. The van der Waals surface area contributed by atoms with Gasteiger partial charge in [-0.15, -0.1) is 0 Å². The maximum absolute atomic E-state index is 12.0. The van der Waals surface area contributed by atoms with Gasteiger partial charge in [-0.3, -0.25) is 0 Å². The maximum Gasteiger partial charge on any atom is 0.334 e. The molecule has 0 bridgehead atoms. The second-order valence-corrected chi connectivity index (χ2v) is 7.49. The molecule has 3 rings (SSSR count). The van der Waals surface area contributed by atoms with E-state index in [2.05, 4.69) is 6.58 Å². The van der Waals surface area contributed by atoms with Crippen LogP contribution in [-0.2, 0) is 23.8 Å². The van der Waals surface area contributed by atoms with Gasteiger partial charge in [0.2, 0.25) is 0 Å². The third kappa shape index (κ3) is 3.48. The summed E-state index contributed by atoms with van der Waals surface area (Å²) in [5.74, 6) is -1.36. The lowest BCUT2D eigenvalue weighted by atomic mass is 9.82. The minimum Gasteiger partial charge on any atom is -0.458 e. The van der Waals surface area contributed by atoms with Crippen molar-refractivity contribution in [3.63, 3.8) is 0 Å². The van der Waals surface area contributed by atoms with E-state index in [1.807, 2.05) is 13.0 Å². The van der Waals surface area contributed by atoms with Crippen molar-refractivity contribution < 1.29 is 28.9 Å². The summed E-state index contributed by atoms with van der Waals surface area (Å²) in [5.41, 5.74) is 1.28. The number of allylic oxidation sites excluding steroid dienone is 2. The zero-order valence-corrected chi connectivity index (χ0v) is 15.5. The molecular formula is C20H26O6. The predicted octanol–water partition coefficient (Wildman–Crippen LogP) is 2.22. The summed E-state index contributed by atoms with van der Waals surface area (Å²) in [6, 6.07) is 0. The molecule has 2 saturated heterocycles. The number of hydrogen-bond donors (Lipinski definition) is 1. The van der Waals surface area contributed by atoms with E-state index < -0.39 is 29.7 Å². The van der Waals surface area contributed by atoms with Gasteiger partial charge < -0.3 is 19.3 Å². The lowest BCUT2D eigenvalue weighted by Gasteiger charge is -2.24. The number of carbonyl (C=O) groups excluding carboxylic acids is 2. The Balaban J connectivity index is 1.79. The molecule has 2 aliphatic heterocycles. The van der Waals surface area contributed by atoms with E-state index >= 15 is 0 Å². The number of carbonyl (C=O) groups is 2. The topological polar surface area (TPSA) is 85.4 Å².